The highest BCUT2D eigenvalue weighted by atomic mass is 35.5. The summed E-state index contributed by atoms with van der Waals surface area (Å²) < 4.78 is 0. The highest BCUT2D eigenvalue weighted by Crippen LogP contribution is 2.35. The molecule has 3 amide bonds. The molecule has 0 fully saturated rings. The van der Waals surface area contributed by atoms with Crippen LogP contribution < -0.4 is 10.2 Å². The minimum absolute atomic E-state index is 0.164. The van der Waals surface area contributed by atoms with Gasteiger partial charge < -0.3 is 5.32 Å². The number of thiazole rings is 1. The molecule has 2 aromatic carbocycles. The van der Waals surface area contributed by atoms with Gasteiger partial charge in [0.25, 0.3) is 17.7 Å². The average molecular weight is 475 g/mol. The third-order valence-corrected chi connectivity index (χ3v) is 6.61. The lowest BCUT2D eigenvalue weighted by atomic mass is 10.1. The molecule has 1 N–H and O–H groups in total. The Morgan fingerprint density at radius 1 is 1.00 bits per heavy atom. The maximum absolute atomic E-state index is 12.9. The lowest BCUT2D eigenvalue weighted by Crippen LogP contribution is -2.29. The molecular weight excluding hydrogens is 460 g/mol. The van der Waals surface area contributed by atoms with Crippen LogP contribution >= 0.6 is 22.9 Å². The van der Waals surface area contributed by atoms with Gasteiger partial charge in [0, 0.05) is 11.9 Å². The summed E-state index contributed by atoms with van der Waals surface area (Å²) in [5.41, 5.74) is 2.63. The number of nitrogens with zero attached hydrogens (tertiary/aromatic N) is 3. The van der Waals surface area contributed by atoms with Crippen LogP contribution in [0.25, 0.3) is 10.7 Å². The Hall–Kier alpha value is -3.88. The predicted molar refractivity (Wildman–Crippen MR) is 127 cm³/mol. The van der Waals surface area contributed by atoms with E-state index in [0.29, 0.717) is 38.1 Å². The number of fused-ring (bicyclic) bond motifs is 1. The Labute approximate surface area is 197 Å². The summed E-state index contributed by atoms with van der Waals surface area (Å²) in [6.45, 7) is 1.76. The minimum Gasteiger partial charge on any atom is -0.321 e. The molecule has 0 spiro atoms. The summed E-state index contributed by atoms with van der Waals surface area (Å²) in [6, 6.07) is 16.8. The van der Waals surface area contributed by atoms with Gasteiger partial charge in [0.05, 0.1) is 33.2 Å². The average Bonchev–Trinajstić information content (AvgIpc) is 3.33. The van der Waals surface area contributed by atoms with Crippen molar-refractivity contribution in [3.63, 3.8) is 0 Å². The number of hydrogen-bond acceptors (Lipinski definition) is 6. The number of rotatable bonds is 4. The molecule has 0 aliphatic carbocycles. The number of anilines is 2. The first kappa shape index (κ1) is 21.0. The highest BCUT2D eigenvalue weighted by Gasteiger charge is 2.37. The molecule has 9 heteroatoms. The van der Waals surface area contributed by atoms with Crippen LogP contribution in [-0.4, -0.2) is 27.7 Å². The van der Waals surface area contributed by atoms with Crippen LogP contribution in [0.4, 0.5) is 11.4 Å². The van der Waals surface area contributed by atoms with Crippen molar-refractivity contribution in [3.05, 3.63) is 93.6 Å². The lowest BCUT2D eigenvalue weighted by Gasteiger charge is -2.16. The molecule has 1 aliphatic rings. The van der Waals surface area contributed by atoms with Crippen LogP contribution in [0.3, 0.4) is 0 Å². The van der Waals surface area contributed by atoms with Crippen LogP contribution in [0, 0.1) is 6.92 Å². The van der Waals surface area contributed by atoms with Crippen molar-refractivity contribution in [2.45, 2.75) is 6.92 Å². The van der Waals surface area contributed by atoms with E-state index in [0.717, 1.165) is 4.90 Å². The van der Waals surface area contributed by atoms with Crippen molar-refractivity contribution >= 4 is 52.0 Å². The quantitative estimate of drug-likeness (QED) is 0.409. The number of halogens is 1. The number of carbonyl (C=O) groups excluding carboxylic acids is 3. The maximum atomic E-state index is 12.9. The van der Waals surface area contributed by atoms with Crippen LogP contribution in [0.5, 0.6) is 0 Å². The largest absolute Gasteiger partial charge is 0.321 e. The zero-order chi connectivity index (χ0) is 23.1. The third-order valence-electron chi connectivity index (χ3n) is 5.13. The van der Waals surface area contributed by atoms with E-state index in [1.165, 1.54) is 17.4 Å². The summed E-state index contributed by atoms with van der Waals surface area (Å²) in [5.74, 6) is -1.20. The fourth-order valence-corrected chi connectivity index (χ4v) is 4.77. The van der Waals surface area contributed by atoms with Gasteiger partial charge in [-0.1, -0.05) is 29.8 Å². The summed E-state index contributed by atoms with van der Waals surface area (Å²) in [6.07, 6.45) is 1.67. The van der Waals surface area contributed by atoms with Gasteiger partial charge in [-0.2, -0.15) is 0 Å². The SMILES string of the molecule is Cc1nc(-c2ccccn2)sc1C(=O)Nc1ccc(N2C(=O)c3ccccc3C2=O)c(Cl)c1. The topological polar surface area (TPSA) is 92.3 Å². The molecule has 33 heavy (non-hydrogen) atoms. The van der Waals surface area contributed by atoms with Crippen molar-refractivity contribution in [2.24, 2.45) is 0 Å². The van der Waals surface area contributed by atoms with Gasteiger partial charge in [-0.25, -0.2) is 9.88 Å². The molecule has 3 heterocycles. The van der Waals surface area contributed by atoms with E-state index < -0.39 is 11.8 Å². The van der Waals surface area contributed by atoms with Crippen LogP contribution in [0.2, 0.25) is 5.02 Å². The second-order valence-electron chi connectivity index (χ2n) is 7.26. The summed E-state index contributed by atoms with van der Waals surface area (Å²) in [5, 5.41) is 3.61. The molecule has 1 aliphatic heterocycles. The van der Waals surface area contributed by atoms with E-state index in [9.17, 15) is 14.4 Å². The summed E-state index contributed by atoms with van der Waals surface area (Å²) >= 11 is 7.66. The molecule has 4 aromatic rings. The van der Waals surface area contributed by atoms with E-state index >= 15 is 0 Å². The van der Waals surface area contributed by atoms with Crippen molar-refractivity contribution < 1.29 is 14.4 Å². The number of imide groups is 1. The van der Waals surface area contributed by atoms with Crippen molar-refractivity contribution in [1.29, 1.82) is 0 Å². The van der Waals surface area contributed by atoms with E-state index in [-0.39, 0.29) is 16.6 Å². The molecule has 7 nitrogen and oxygen atoms in total. The normalized spacial score (nSPS) is 12.7. The Kier molecular flexibility index (Phi) is 5.24. The molecular formula is C24H15ClN4O3S. The zero-order valence-electron chi connectivity index (χ0n) is 17.2. The molecule has 0 radical (unpaired) electrons. The Balaban J connectivity index is 1.38. The van der Waals surface area contributed by atoms with E-state index in [1.54, 1.807) is 49.5 Å². The second kappa shape index (κ2) is 8.23. The number of amides is 3. The minimum atomic E-state index is -0.434. The van der Waals surface area contributed by atoms with Gasteiger partial charge in [0.2, 0.25) is 0 Å². The second-order valence-corrected chi connectivity index (χ2v) is 8.67. The molecule has 0 saturated heterocycles. The predicted octanol–water partition coefficient (Wildman–Crippen LogP) is 5.22. The first-order chi connectivity index (χ1) is 15.9. The van der Waals surface area contributed by atoms with Crippen molar-refractivity contribution in [2.75, 3.05) is 10.2 Å². The Morgan fingerprint density at radius 3 is 2.33 bits per heavy atom. The van der Waals surface area contributed by atoms with Gasteiger partial charge in [-0.05, 0) is 49.4 Å². The van der Waals surface area contributed by atoms with E-state index in [4.69, 9.17) is 11.6 Å². The molecule has 162 valence electrons. The first-order valence-corrected chi connectivity index (χ1v) is 11.1. The van der Waals surface area contributed by atoms with Gasteiger partial charge in [0.15, 0.2) is 0 Å². The smallest absolute Gasteiger partial charge is 0.267 e. The van der Waals surface area contributed by atoms with Gasteiger partial charge in [-0.3, -0.25) is 19.4 Å². The Bertz CT molecular complexity index is 1400. The summed E-state index contributed by atoms with van der Waals surface area (Å²) in [4.78, 5) is 48.5. The van der Waals surface area contributed by atoms with E-state index in [2.05, 4.69) is 15.3 Å². The highest BCUT2D eigenvalue weighted by molar-refractivity contribution is 7.17. The number of pyridine rings is 1. The van der Waals surface area contributed by atoms with Crippen LogP contribution in [-0.2, 0) is 0 Å². The van der Waals surface area contributed by atoms with E-state index in [1.807, 2.05) is 18.2 Å². The monoisotopic (exact) mass is 474 g/mol. The molecule has 0 saturated carbocycles. The molecule has 0 unspecified atom stereocenters. The van der Waals surface area contributed by atoms with Crippen molar-refractivity contribution in [1.82, 2.24) is 9.97 Å². The molecule has 5 rings (SSSR count). The zero-order valence-corrected chi connectivity index (χ0v) is 18.8. The third kappa shape index (κ3) is 3.69. The molecule has 2 aromatic heterocycles. The maximum Gasteiger partial charge on any atom is 0.267 e. The molecule has 0 bridgehead atoms. The van der Waals surface area contributed by atoms with Crippen LogP contribution in [0.1, 0.15) is 36.1 Å². The number of hydrogen-bond donors (Lipinski definition) is 1. The van der Waals surface area contributed by atoms with Crippen molar-refractivity contribution in [3.8, 4) is 10.7 Å². The number of carbonyl (C=O) groups is 3. The van der Waals surface area contributed by atoms with Gasteiger partial charge in [-0.15, -0.1) is 11.3 Å². The number of nitrogens with one attached hydrogen (secondary N) is 1. The fraction of sp³-hybridized carbons (Fsp3) is 0.0417. The standard InChI is InChI=1S/C24H15ClN4O3S/c1-13-20(33-22(27-13)18-8-4-5-11-26-18)21(30)28-14-9-10-19(17(25)12-14)29-23(31)15-6-2-3-7-16(15)24(29)32/h2-12H,1H3,(H,28,30). The first-order valence-electron chi connectivity index (χ1n) is 9.91. The van der Waals surface area contributed by atoms with Crippen LogP contribution in [0.15, 0.2) is 66.9 Å². The van der Waals surface area contributed by atoms with Gasteiger partial charge in [0.1, 0.15) is 9.88 Å². The van der Waals surface area contributed by atoms with Gasteiger partial charge >= 0.3 is 0 Å². The lowest BCUT2D eigenvalue weighted by molar-refractivity contribution is 0.0924. The summed E-state index contributed by atoms with van der Waals surface area (Å²) in [7, 11) is 0. The number of benzene rings is 2. The Morgan fingerprint density at radius 2 is 1.70 bits per heavy atom. The molecule has 0 atom stereocenters. The number of aromatic nitrogens is 2. The fourth-order valence-electron chi connectivity index (χ4n) is 3.57. The number of aryl methyl sites for hydroxylation is 1.